The second kappa shape index (κ2) is 7.05. The molecule has 2 atom stereocenters. The highest BCUT2D eigenvalue weighted by molar-refractivity contribution is 5.95. The Morgan fingerprint density at radius 1 is 1.08 bits per heavy atom. The number of carbonyl (C=O) groups is 1. The van der Waals surface area contributed by atoms with E-state index < -0.39 is 0 Å². The number of amides is 1. The molecule has 2 unspecified atom stereocenters. The molecule has 3 aliphatic rings. The number of rotatable bonds is 4. The van der Waals surface area contributed by atoms with Gasteiger partial charge in [0.05, 0.1) is 23.1 Å². The molecule has 1 amide bonds. The van der Waals surface area contributed by atoms with Gasteiger partial charge in [0.2, 0.25) is 0 Å². The van der Waals surface area contributed by atoms with Crippen molar-refractivity contribution in [1.82, 2.24) is 20.4 Å². The van der Waals surface area contributed by atoms with E-state index in [-0.39, 0.29) is 18.3 Å². The third-order valence-electron chi connectivity index (χ3n) is 5.82. The molecule has 2 aliphatic heterocycles. The zero-order valence-electron chi connectivity index (χ0n) is 14.7. The number of hydrogen-bond donors (Lipinski definition) is 2. The van der Waals surface area contributed by atoms with Crippen molar-refractivity contribution >= 4 is 18.3 Å². The van der Waals surface area contributed by atoms with Crippen molar-refractivity contribution in [2.24, 2.45) is 0 Å². The first-order valence-electron chi connectivity index (χ1n) is 9.48. The predicted octanol–water partition coefficient (Wildman–Crippen LogP) is 3.18. The van der Waals surface area contributed by atoms with Gasteiger partial charge in [-0.15, -0.1) is 12.4 Å². The van der Waals surface area contributed by atoms with Gasteiger partial charge in [0.25, 0.3) is 5.91 Å². The molecule has 1 saturated carbocycles. The number of carbonyl (C=O) groups excluding carboxylic acids is 1. The number of nitrogens with zero attached hydrogens (tertiary/aromatic N) is 2. The van der Waals surface area contributed by atoms with Gasteiger partial charge in [-0.05, 0) is 50.7 Å². The Hall–Kier alpha value is -1.85. The molecule has 2 aromatic rings. The monoisotopic (exact) mass is 372 g/mol. The SMILES string of the molecule is Cl.O=C(NC1CC2CCC(C1)N2)c1cnn(-c2ccccc2)c1C1CC1. The van der Waals surface area contributed by atoms with Crippen LogP contribution in [0.1, 0.15) is 60.5 Å². The molecule has 5 nitrogen and oxygen atoms in total. The van der Waals surface area contributed by atoms with Crippen molar-refractivity contribution in [3.63, 3.8) is 0 Å². The number of hydrogen-bond acceptors (Lipinski definition) is 3. The van der Waals surface area contributed by atoms with E-state index >= 15 is 0 Å². The van der Waals surface area contributed by atoms with Gasteiger partial charge >= 0.3 is 0 Å². The maximum absolute atomic E-state index is 13.0. The summed E-state index contributed by atoms with van der Waals surface area (Å²) in [4.78, 5) is 13.0. The van der Waals surface area contributed by atoms with Crippen LogP contribution in [-0.4, -0.2) is 33.8 Å². The summed E-state index contributed by atoms with van der Waals surface area (Å²) in [5.74, 6) is 0.517. The summed E-state index contributed by atoms with van der Waals surface area (Å²) < 4.78 is 1.96. The van der Waals surface area contributed by atoms with Gasteiger partial charge in [-0.1, -0.05) is 18.2 Å². The first-order chi connectivity index (χ1) is 12.3. The Bertz CT molecular complexity index is 774. The molecular weight excluding hydrogens is 348 g/mol. The number of aromatic nitrogens is 2. The molecule has 2 N–H and O–H groups in total. The van der Waals surface area contributed by atoms with E-state index in [2.05, 4.69) is 15.7 Å². The first kappa shape index (κ1) is 17.6. The maximum Gasteiger partial charge on any atom is 0.255 e. The van der Waals surface area contributed by atoms with Crippen molar-refractivity contribution in [2.75, 3.05) is 0 Å². The summed E-state index contributed by atoms with van der Waals surface area (Å²) >= 11 is 0. The van der Waals surface area contributed by atoms with Crippen LogP contribution < -0.4 is 10.6 Å². The molecule has 5 rings (SSSR count). The first-order valence-corrected chi connectivity index (χ1v) is 9.48. The fraction of sp³-hybridized carbons (Fsp3) is 0.500. The van der Waals surface area contributed by atoms with Crippen LogP contribution in [0.3, 0.4) is 0 Å². The van der Waals surface area contributed by atoms with Gasteiger partial charge in [0, 0.05) is 24.0 Å². The van der Waals surface area contributed by atoms with E-state index in [1.54, 1.807) is 6.20 Å². The van der Waals surface area contributed by atoms with Crippen LogP contribution in [0.4, 0.5) is 0 Å². The van der Waals surface area contributed by atoms with Crippen LogP contribution in [0.25, 0.3) is 5.69 Å². The lowest BCUT2D eigenvalue weighted by Crippen LogP contribution is -2.48. The van der Waals surface area contributed by atoms with Crippen LogP contribution in [0, 0.1) is 0 Å². The van der Waals surface area contributed by atoms with E-state index in [0.29, 0.717) is 24.0 Å². The lowest BCUT2D eigenvalue weighted by molar-refractivity contribution is 0.0923. The zero-order valence-corrected chi connectivity index (χ0v) is 15.5. The summed E-state index contributed by atoms with van der Waals surface area (Å²) in [6, 6.07) is 11.6. The second-order valence-corrected chi connectivity index (χ2v) is 7.74. The highest BCUT2D eigenvalue weighted by atomic mass is 35.5. The second-order valence-electron chi connectivity index (χ2n) is 7.74. The fourth-order valence-corrected chi connectivity index (χ4v) is 4.50. The van der Waals surface area contributed by atoms with Crippen LogP contribution in [0.5, 0.6) is 0 Å². The summed E-state index contributed by atoms with van der Waals surface area (Å²) in [6.07, 6.45) is 8.65. The van der Waals surface area contributed by atoms with Gasteiger partial charge in [-0.25, -0.2) is 4.68 Å². The molecule has 1 aromatic heterocycles. The molecule has 26 heavy (non-hydrogen) atoms. The number of fused-ring (bicyclic) bond motifs is 2. The molecular formula is C20H25ClN4O. The van der Waals surface area contributed by atoms with Crippen molar-refractivity contribution in [3.05, 3.63) is 47.8 Å². The van der Waals surface area contributed by atoms with Gasteiger partial charge in [-0.2, -0.15) is 5.10 Å². The minimum absolute atomic E-state index is 0. The Morgan fingerprint density at radius 2 is 1.77 bits per heavy atom. The minimum atomic E-state index is 0. The number of nitrogens with one attached hydrogen (secondary N) is 2. The standard InChI is InChI=1S/C20H24N4O.ClH/c25-20(23-16-10-14-8-9-15(11-16)22-14)18-12-21-24(19(18)13-6-7-13)17-4-2-1-3-5-17;/h1-5,12-16,22H,6-11H2,(H,23,25);1H. The number of benzene rings is 1. The quantitative estimate of drug-likeness (QED) is 0.866. The van der Waals surface area contributed by atoms with Crippen LogP contribution in [0.15, 0.2) is 36.5 Å². The van der Waals surface area contributed by atoms with Gasteiger partial charge in [-0.3, -0.25) is 4.79 Å². The van der Waals surface area contributed by atoms with Crippen molar-refractivity contribution in [1.29, 1.82) is 0 Å². The summed E-state index contributed by atoms with van der Waals surface area (Å²) in [5, 5.41) is 11.5. The fourth-order valence-electron chi connectivity index (χ4n) is 4.50. The molecule has 0 radical (unpaired) electrons. The number of halogens is 1. The van der Waals surface area contributed by atoms with Crippen molar-refractivity contribution in [2.45, 2.75) is 62.6 Å². The molecule has 138 valence electrons. The number of piperidine rings is 1. The van der Waals surface area contributed by atoms with Crippen LogP contribution in [-0.2, 0) is 0 Å². The van der Waals surface area contributed by atoms with Gasteiger partial charge in [0.1, 0.15) is 0 Å². The Labute approximate surface area is 160 Å². The minimum Gasteiger partial charge on any atom is -0.349 e. The Kier molecular flexibility index (Phi) is 4.76. The molecule has 3 heterocycles. The summed E-state index contributed by atoms with van der Waals surface area (Å²) in [7, 11) is 0. The summed E-state index contributed by atoms with van der Waals surface area (Å²) in [5.41, 5.74) is 2.88. The number of para-hydroxylation sites is 1. The van der Waals surface area contributed by atoms with E-state index in [4.69, 9.17) is 0 Å². The lowest BCUT2D eigenvalue weighted by Gasteiger charge is -2.29. The zero-order chi connectivity index (χ0) is 16.8. The topological polar surface area (TPSA) is 59.0 Å². The molecule has 2 saturated heterocycles. The van der Waals surface area contributed by atoms with Gasteiger partial charge < -0.3 is 10.6 Å². The van der Waals surface area contributed by atoms with E-state index in [1.807, 2.05) is 35.0 Å². The van der Waals surface area contributed by atoms with Crippen LogP contribution in [0.2, 0.25) is 0 Å². The molecule has 1 aromatic carbocycles. The largest absolute Gasteiger partial charge is 0.349 e. The highest BCUT2D eigenvalue weighted by Crippen LogP contribution is 2.42. The smallest absolute Gasteiger partial charge is 0.255 e. The van der Waals surface area contributed by atoms with E-state index in [9.17, 15) is 4.79 Å². The third kappa shape index (κ3) is 3.26. The maximum atomic E-state index is 13.0. The average molecular weight is 373 g/mol. The predicted molar refractivity (Wildman–Crippen MR) is 103 cm³/mol. The van der Waals surface area contributed by atoms with Crippen molar-refractivity contribution < 1.29 is 4.79 Å². The highest BCUT2D eigenvalue weighted by Gasteiger charge is 2.36. The van der Waals surface area contributed by atoms with Gasteiger partial charge in [0.15, 0.2) is 0 Å². The third-order valence-corrected chi connectivity index (χ3v) is 5.82. The molecule has 1 aliphatic carbocycles. The van der Waals surface area contributed by atoms with Crippen molar-refractivity contribution in [3.8, 4) is 5.69 Å². The Morgan fingerprint density at radius 3 is 2.42 bits per heavy atom. The molecule has 6 heteroatoms. The van der Waals surface area contributed by atoms with Crippen LogP contribution >= 0.6 is 12.4 Å². The average Bonchev–Trinajstić information content (AvgIpc) is 3.28. The van der Waals surface area contributed by atoms with E-state index in [1.165, 1.54) is 12.8 Å². The summed E-state index contributed by atoms with van der Waals surface area (Å²) in [6.45, 7) is 0. The Balaban J connectivity index is 0.00000168. The molecule has 0 spiro atoms. The lowest BCUT2D eigenvalue weighted by atomic mass is 9.99. The van der Waals surface area contributed by atoms with E-state index in [0.717, 1.165) is 42.6 Å². The normalized spacial score (nSPS) is 27.0. The molecule has 3 fully saturated rings. The molecule has 2 bridgehead atoms.